The molecular weight excluding hydrogens is 444 g/mol. The van der Waals surface area contributed by atoms with Gasteiger partial charge in [-0.15, -0.1) is 0 Å². The van der Waals surface area contributed by atoms with Crippen molar-refractivity contribution in [3.8, 4) is 5.88 Å². The molecule has 0 saturated carbocycles. The first-order valence-corrected chi connectivity index (χ1v) is 9.29. The molecule has 3 rings (SSSR count). The molecular formula is C19H17ClF4N4O3. The zero-order chi connectivity index (χ0) is 22.8. The number of alkyl halides is 3. The van der Waals surface area contributed by atoms with Gasteiger partial charge in [0.05, 0.1) is 11.1 Å². The van der Waals surface area contributed by atoms with Crippen LogP contribution in [-0.4, -0.2) is 30.1 Å². The number of pyridine rings is 1. The molecule has 0 saturated heterocycles. The third kappa shape index (κ3) is 5.42. The lowest BCUT2D eigenvalue weighted by Gasteiger charge is -2.25. The van der Waals surface area contributed by atoms with E-state index in [0.717, 1.165) is 6.07 Å². The van der Waals surface area contributed by atoms with Gasteiger partial charge in [-0.2, -0.15) is 13.2 Å². The Kier molecular flexibility index (Phi) is 6.37. The monoisotopic (exact) mass is 460 g/mol. The predicted molar refractivity (Wildman–Crippen MR) is 105 cm³/mol. The van der Waals surface area contributed by atoms with Crippen molar-refractivity contribution in [3.05, 3.63) is 52.4 Å². The van der Waals surface area contributed by atoms with E-state index in [1.54, 1.807) is 6.92 Å². The third-order valence-electron chi connectivity index (χ3n) is 4.49. The molecule has 0 unspecified atom stereocenters. The minimum Gasteiger partial charge on any atom is -0.389 e. The van der Waals surface area contributed by atoms with Crippen LogP contribution in [0.25, 0.3) is 0 Å². The van der Waals surface area contributed by atoms with Gasteiger partial charge in [-0.25, -0.2) is 14.2 Å². The van der Waals surface area contributed by atoms with Crippen LogP contribution in [0.15, 0.2) is 35.5 Å². The van der Waals surface area contributed by atoms with Crippen molar-refractivity contribution in [2.45, 2.75) is 25.1 Å². The van der Waals surface area contributed by atoms with Gasteiger partial charge in [-0.1, -0.05) is 11.6 Å². The highest BCUT2D eigenvalue weighted by Crippen LogP contribution is 2.35. The summed E-state index contributed by atoms with van der Waals surface area (Å²) in [4.78, 5) is 19.9. The molecule has 1 aromatic heterocycles. The number of ether oxygens (including phenoxy) is 2. The van der Waals surface area contributed by atoms with E-state index < -0.39 is 40.1 Å². The summed E-state index contributed by atoms with van der Waals surface area (Å²) in [7, 11) is 0. The first kappa shape index (κ1) is 22.8. The van der Waals surface area contributed by atoms with Gasteiger partial charge in [0.1, 0.15) is 23.3 Å². The molecule has 1 atom stereocenters. The maximum absolute atomic E-state index is 14.5. The van der Waals surface area contributed by atoms with Crippen LogP contribution in [0.4, 0.5) is 28.0 Å². The molecule has 31 heavy (non-hydrogen) atoms. The molecule has 1 amide bonds. The summed E-state index contributed by atoms with van der Waals surface area (Å²) < 4.78 is 62.7. The number of nitrogens with zero attached hydrogens (tertiary/aromatic N) is 2. The molecule has 3 N–H and O–H groups in total. The molecule has 1 aliphatic heterocycles. The highest BCUT2D eigenvalue weighted by Gasteiger charge is 2.33. The molecule has 0 fully saturated rings. The van der Waals surface area contributed by atoms with Crippen molar-refractivity contribution in [2.24, 2.45) is 10.7 Å². The topological polar surface area (TPSA) is 98.8 Å². The Morgan fingerprint density at radius 2 is 2.10 bits per heavy atom. The van der Waals surface area contributed by atoms with Gasteiger partial charge in [-0.3, -0.25) is 10.3 Å². The summed E-state index contributed by atoms with van der Waals surface area (Å²) in [5.74, 6) is -0.868. The molecule has 0 radical (unpaired) electrons. The van der Waals surface area contributed by atoms with Gasteiger partial charge in [-0.05, 0) is 37.6 Å². The fraction of sp³-hybridized carbons (Fsp3) is 0.316. The molecule has 1 aromatic carbocycles. The van der Waals surface area contributed by atoms with Crippen molar-refractivity contribution in [1.82, 2.24) is 4.98 Å². The average molecular weight is 461 g/mol. The minimum atomic E-state index is -4.65. The number of anilines is 1. The number of rotatable bonds is 3. The fourth-order valence-electron chi connectivity index (χ4n) is 2.95. The van der Waals surface area contributed by atoms with Gasteiger partial charge in [0.2, 0.25) is 5.88 Å². The molecule has 0 spiro atoms. The van der Waals surface area contributed by atoms with E-state index in [9.17, 15) is 22.4 Å². The number of aliphatic imine (C=N–C) groups is 1. The van der Waals surface area contributed by atoms with Crippen LogP contribution in [0.5, 0.6) is 5.88 Å². The highest BCUT2D eigenvalue weighted by molar-refractivity contribution is 6.32. The second-order valence-corrected chi connectivity index (χ2v) is 7.30. The minimum absolute atomic E-state index is 0.127. The first-order valence-electron chi connectivity index (χ1n) is 8.91. The number of amidine groups is 1. The van der Waals surface area contributed by atoms with E-state index in [-0.39, 0.29) is 23.7 Å². The number of carbonyl (C=O) groups is 1. The number of benzene rings is 1. The summed E-state index contributed by atoms with van der Waals surface area (Å²) in [6.45, 7) is 2.11. The van der Waals surface area contributed by atoms with Gasteiger partial charge in [0.25, 0.3) is 0 Å². The normalized spacial score (nSPS) is 19.4. The van der Waals surface area contributed by atoms with E-state index in [4.69, 9.17) is 26.8 Å². The first-order chi connectivity index (χ1) is 14.5. The summed E-state index contributed by atoms with van der Waals surface area (Å²) in [5, 5.41) is 1.85. The zero-order valence-corrected chi connectivity index (χ0v) is 16.9. The summed E-state index contributed by atoms with van der Waals surface area (Å²) in [6, 6.07) is 4.37. The number of hydrogen-bond donors (Lipinski definition) is 2. The molecule has 0 bridgehead atoms. The van der Waals surface area contributed by atoms with Gasteiger partial charge in [0.15, 0.2) is 0 Å². The fourth-order valence-corrected chi connectivity index (χ4v) is 3.16. The number of aromatic nitrogens is 1. The number of carbonyl (C=O) groups excluding carboxylic acids is 1. The molecule has 12 heteroatoms. The zero-order valence-electron chi connectivity index (χ0n) is 16.1. The second kappa shape index (κ2) is 8.67. The lowest BCUT2D eigenvalue weighted by molar-refractivity contribution is -0.137. The maximum atomic E-state index is 14.5. The number of amides is 1. The van der Waals surface area contributed by atoms with Crippen LogP contribution >= 0.6 is 11.6 Å². The van der Waals surface area contributed by atoms with Crippen LogP contribution in [-0.2, 0) is 16.5 Å². The van der Waals surface area contributed by atoms with E-state index in [0.29, 0.717) is 25.3 Å². The largest absolute Gasteiger partial charge is 0.418 e. The Morgan fingerprint density at radius 3 is 2.77 bits per heavy atom. The van der Waals surface area contributed by atoms with Crippen LogP contribution < -0.4 is 15.8 Å². The molecule has 2 aromatic rings. The maximum Gasteiger partial charge on any atom is 0.418 e. The van der Waals surface area contributed by atoms with Crippen LogP contribution in [0.1, 0.15) is 24.5 Å². The number of hydrogen-bond acceptors (Lipinski definition) is 6. The third-order valence-corrected chi connectivity index (χ3v) is 4.76. The quantitative estimate of drug-likeness (QED) is 0.657. The lowest BCUT2D eigenvalue weighted by atomic mass is 9.88. The van der Waals surface area contributed by atoms with E-state index >= 15 is 0 Å². The molecule has 166 valence electrons. The van der Waals surface area contributed by atoms with Crippen LogP contribution in [0.3, 0.4) is 0 Å². The van der Waals surface area contributed by atoms with Crippen molar-refractivity contribution in [1.29, 1.82) is 0 Å². The van der Waals surface area contributed by atoms with Crippen molar-refractivity contribution in [3.63, 3.8) is 0 Å². The van der Waals surface area contributed by atoms with E-state index in [1.165, 1.54) is 12.1 Å². The number of nitrogens with one attached hydrogen (secondary N) is 1. The highest BCUT2D eigenvalue weighted by atomic mass is 35.5. The van der Waals surface area contributed by atoms with Gasteiger partial charge < -0.3 is 15.2 Å². The number of halogens is 5. The SMILES string of the molecule is C[C@@]1(c2cc(NC(=O)Oc3ncc(C(F)(F)F)cc3Cl)ccc2F)CCOCC(N)=N1. The molecule has 0 aliphatic carbocycles. The van der Waals surface area contributed by atoms with Crippen molar-refractivity contribution < 1.29 is 31.8 Å². The van der Waals surface area contributed by atoms with E-state index in [1.807, 2.05) is 0 Å². The summed E-state index contributed by atoms with van der Waals surface area (Å²) >= 11 is 5.72. The van der Waals surface area contributed by atoms with Crippen molar-refractivity contribution >= 4 is 29.2 Å². The second-order valence-electron chi connectivity index (χ2n) is 6.90. The lowest BCUT2D eigenvalue weighted by Crippen LogP contribution is -2.26. The Hall–Kier alpha value is -2.92. The number of nitrogens with two attached hydrogens (primary N) is 1. The van der Waals surface area contributed by atoms with Crippen molar-refractivity contribution in [2.75, 3.05) is 18.5 Å². The summed E-state index contributed by atoms with van der Waals surface area (Å²) in [6.07, 6.45) is -4.89. The Bertz CT molecular complexity index is 1030. The Morgan fingerprint density at radius 1 is 1.35 bits per heavy atom. The standard InChI is InChI=1S/C19H17ClF4N4O3/c1-18(4-5-30-9-15(25)28-18)12-7-11(2-3-14(12)21)27-17(29)31-16-13(20)6-10(8-26-16)19(22,23)24/h2-3,6-8H,4-5,9H2,1H3,(H2,25,28)(H,27,29)/t18-/m0/s1. The van der Waals surface area contributed by atoms with Gasteiger partial charge >= 0.3 is 12.3 Å². The molecule has 7 nitrogen and oxygen atoms in total. The predicted octanol–water partition coefficient (Wildman–Crippen LogP) is 4.50. The Labute approximate surface area is 179 Å². The van der Waals surface area contributed by atoms with E-state index in [2.05, 4.69) is 15.3 Å². The summed E-state index contributed by atoms with van der Waals surface area (Å²) in [5.41, 5.74) is 3.99. The van der Waals surface area contributed by atoms with Gasteiger partial charge in [0, 0.05) is 24.1 Å². The molecule has 2 heterocycles. The van der Waals surface area contributed by atoms with Crippen LogP contribution in [0, 0.1) is 5.82 Å². The Balaban J connectivity index is 1.78. The molecule has 1 aliphatic rings. The van der Waals surface area contributed by atoms with Crippen LogP contribution in [0.2, 0.25) is 5.02 Å². The average Bonchev–Trinajstić information content (AvgIpc) is 2.85. The smallest absolute Gasteiger partial charge is 0.389 e.